The van der Waals surface area contributed by atoms with Gasteiger partial charge >= 0.3 is 0 Å². The first-order valence-electron chi connectivity index (χ1n) is 8.13. The quantitative estimate of drug-likeness (QED) is 0.796. The number of rotatable bonds is 8. The maximum atomic E-state index is 4.47. The summed E-state index contributed by atoms with van der Waals surface area (Å²) in [7, 11) is 0. The highest BCUT2D eigenvalue weighted by Crippen LogP contribution is 2.22. The van der Waals surface area contributed by atoms with Crippen molar-refractivity contribution >= 4 is 0 Å². The Bertz CT molecular complexity index is 528. The average Bonchev–Trinajstić information content (AvgIpc) is 2.97. The van der Waals surface area contributed by atoms with Crippen LogP contribution in [-0.4, -0.2) is 16.3 Å². The second-order valence-corrected chi connectivity index (χ2v) is 5.52. The Morgan fingerprint density at radius 3 is 2.43 bits per heavy atom. The summed E-state index contributed by atoms with van der Waals surface area (Å²) in [5.41, 5.74) is 3.95. The molecule has 1 aromatic heterocycles. The van der Waals surface area contributed by atoms with Gasteiger partial charge in [0.15, 0.2) is 0 Å². The van der Waals surface area contributed by atoms with Crippen LogP contribution in [-0.2, 0) is 13.0 Å². The Kier molecular flexibility index (Phi) is 6.00. The molecule has 21 heavy (non-hydrogen) atoms. The first kappa shape index (κ1) is 15.8. The van der Waals surface area contributed by atoms with Crippen molar-refractivity contribution in [3.05, 3.63) is 53.3 Å². The normalized spacial score (nSPS) is 12.5. The van der Waals surface area contributed by atoms with E-state index < -0.39 is 0 Å². The van der Waals surface area contributed by atoms with Crippen LogP contribution in [0.5, 0.6) is 0 Å². The maximum absolute atomic E-state index is 4.47. The molecule has 0 aliphatic heterocycles. The fourth-order valence-corrected chi connectivity index (χ4v) is 2.54. The van der Waals surface area contributed by atoms with Gasteiger partial charge in [0.25, 0.3) is 0 Å². The molecule has 0 saturated carbocycles. The van der Waals surface area contributed by atoms with Crippen molar-refractivity contribution < 1.29 is 0 Å². The zero-order chi connectivity index (χ0) is 15.1. The molecular weight excluding hydrogens is 258 g/mol. The van der Waals surface area contributed by atoms with E-state index in [2.05, 4.69) is 61.6 Å². The lowest BCUT2D eigenvalue weighted by molar-refractivity contribution is 0.588. The fourth-order valence-electron chi connectivity index (χ4n) is 2.54. The molecule has 0 amide bonds. The number of hydrogen-bond donors (Lipinski definition) is 1. The van der Waals surface area contributed by atoms with E-state index >= 15 is 0 Å². The smallest absolute Gasteiger partial charge is 0.0607 e. The van der Waals surface area contributed by atoms with Gasteiger partial charge in [-0.1, -0.05) is 45.0 Å². The Balaban J connectivity index is 2.22. The molecule has 2 aromatic rings. The lowest BCUT2D eigenvalue weighted by atomic mass is 9.99. The molecule has 0 aliphatic rings. The summed E-state index contributed by atoms with van der Waals surface area (Å²) < 4.78 is 2.04. The molecule has 1 N–H and O–H groups in total. The summed E-state index contributed by atoms with van der Waals surface area (Å²) >= 11 is 0. The molecule has 0 fully saturated rings. The molecule has 2 rings (SSSR count). The standard InChI is InChI=1S/C18H27N3/c1-4-11-19-18(16-9-7-15(6-3)8-10-16)17-13-20-21(14-17)12-5-2/h7-10,13-14,18-19H,4-6,11-12H2,1-3H3. The third-order valence-corrected chi connectivity index (χ3v) is 3.76. The minimum absolute atomic E-state index is 0.237. The van der Waals surface area contributed by atoms with Crippen LogP contribution in [0.15, 0.2) is 36.7 Å². The molecule has 3 heteroatoms. The molecule has 1 heterocycles. The summed E-state index contributed by atoms with van der Waals surface area (Å²) in [5, 5.41) is 8.11. The van der Waals surface area contributed by atoms with Gasteiger partial charge in [-0.05, 0) is 36.9 Å². The van der Waals surface area contributed by atoms with Gasteiger partial charge in [-0.15, -0.1) is 0 Å². The number of aryl methyl sites for hydroxylation is 2. The van der Waals surface area contributed by atoms with Crippen molar-refractivity contribution in [2.24, 2.45) is 0 Å². The molecule has 1 atom stereocenters. The highest BCUT2D eigenvalue weighted by Gasteiger charge is 2.15. The van der Waals surface area contributed by atoms with E-state index in [9.17, 15) is 0 Å². The van der Waals surface area contributed by atoms with Gasteiger partial charge in [0.05, 0.1) is 12.2 Å². The molecule has 114 valence electrons. The summed E-state index contributed by atoms with van der Waals surface area (Å²) in [6.45, 7) is 8.56. The van der Waals surface area contributed by atoms with Crippen molar-refractivity contribution in [3.8, 4) is 0 Å². The summed E-state index contributed by atoms with van der Waals surface area (Å²) in [6.07, 6.45) is 7.50. The van der Waals surface area contributed by atoms with Crippen LogP contribution in [0, 0.1) is 0 Å². The number of nitrogens with zero attached hydrogens (tertiary/aromatic N) is 2. The van der Waals surface area contributed by atoms with Gasteiger partial charge in [0.1, 0.15) is 0 Å². The van der Waals surface area contributed by atoms with Crippen LogP contribution in [0.4, 0.5) is 0 Å². The summed E-state index contributed by atoms with van der Waals surface area (Å²) in [6, 6.07) is 9.17. The van der Waals surface area contributed by atoms with E-state index in [1.807, 2.05) is 10.9 Å². The predicted molar refractivity (Wildman–Crippen MR) is 88.5 cm³/mol. The molecule has 0 radical (unpaired) electrons. The van der Waals surface area contributed by atoms with E-state index in [-0.39, 0.29) is 6.04 Å². The van der Waals surface area contributed by atoms with Gasteiger partial charge < -0.3 is 5.32 Å². The van der Waals surface area contributed by atoms with Gasteiger partial charge in [-0.25, -0.2) is 0 Å². The number of benzene rings is 1. The molecule has 0 saturated heterocycles. The minimum atomic E-state index is 0.237. The van der Waals surface area contributed by atoms with Crippen molar-refractivity contribution in [2.45, 2.75) is 52.6 Å². The van der Waals surface area contributed by atoms with Crippen LogP contribution in [0.3, 0.4) is 0 Å². The lowest BCUT2D eigenvalue weighted by Gasteiger charge is -2.18. The first-order chi connectivity index (χ1) is 10.3. The molecule has 1 aromatic carbocycles. The van der Waals surface area contributed by atoms with Gasteiger partial charge in [0, 0.05) is 18.3 Å². The van der Waals surface area contributed by atoms with E-state index in [0.29, 0.717) is 0 Å². The highest BCUT2D eigenvalue weighted by atomic mass is 15.3. The van der Waals surface area contributed by atoms with Crippen molar-refractivity contribution in [2.75, 3.05) is 6.54 Å². The van der Waals surface area contributed by atoms with Gasteiger partial charge in [0.2, 0.25) is 0 Å². The third kappa shape index (κ3) is 4.18. The molecule has 1 unspecified atom stereocenters. The number of hydrogen-bond acceptors (Lipinski definition) is 2. The van der Waals surface area contributed by atoms with Gasteiger partial charge in [-0.3, -0.25) is 4.68 Å². The van der Waals surface area contributed by atoms with Crippen LogP contribution < -0.4 is 5.32 Å². The topological polar surface area (TPSA) is 29.9 Å². The average molecular weight is 285 g/mol. The summed E-state index contributed by atoms with van der Waals surface area (Å²) in [5.74, 6) is 0. The van der Waals surface area contributed by atoms with Crippen molar-refractivity contribution in [1.29, 1.82) is 0 Å². The number of aromatic nitrogens is 2. The second-order valence-electron chi connectivity index (χ2n) is 5.52. The lowest BCUT2D eigenvalue weighted by Crippen LogP contribution is -2.22. The van der Waals surface area contributed by atoms with Crippen LogP contribution >= 0.6 is 0 Å². The minimum Gasteiger partial charge on any atom is -0.306 e. The summed E-state index contributed by atoms with van der Waals surface area (Å²) in [4.78, 5) is 0. The van der Waals surface area contributed by atoms with Crippen LogP contribution in [0.1, 0.15) is 56.3 Å². The Labute approximate surface area is 128 Å². The molecule has 0 aliphatic carbocycles. The first-order valence-corrected chi connectivity index (χ1v) is 8.13. The largest absolute Gasteiger partial charge is 0.306 e. The monoisotopic (exact) mass is 285 g/mol. The van der Waals surface area contributed by atoms with Crippen LogP contribution in [0.25, 0.3) is 0 Å². The predicted octanol–water partition coefficient (Wildman–Crippen LogP) is 3.94. The van der Waals surface area contributed by atoms with Crippen molar-refractivity contribution in [3.63, 3.8) is 0 Å². The fraction of sp³-hybridized carbons (Fsp3) is 0.500. The second kappa shape index (κ2) is 7.99. The molecular formula is C18H27N3. The Morgan fingerprint density at radius 1 is 1.05 bits per heavy atom. The zero-order valence-corrected chi connectivity index (χ0v) is 13.5. The molecule has 3 nitrogen and oxygen atoms in total. The van der Waals surface area contributed by atoms with E-state index in [4.69, 9.17) is 0 Å². The Morgan fingerprint density at radius 2 is 1.81 bits per heavy atom. The third-order valence-electron chi connectivity index (χ3n) is 3.76. The van der Waals surface area contributed by atoms with Gasteiger partial charge in [-0.2, -0.15) is 5.10 Å². The van der Waals surface area contributed by atoms with Crippen LogP contribution in [0.2, 0.25) is 0 Å². The zero-order valence-electron chi connectivity index (χ0n) is 13.5. The van der Waals surface area contributed by atoms with E-state index in [1.165, 1.54) is 16.7 Å². The Hall–Kier alpha value is -1.61. The van der Waals surface area contributed by atoms with E-state index in [1.54, 1.807) is 0 Å². The van der Waals surface area contributed by atoms with E-state index in [0.717, 1.165) is 32.4 Å². The highest BCUT2D eigenvalue weighted by molar-refractivity contribution is 5.31. The molecule has 0 spiro atoms. The molecule has 0 bridgehead atoms. The maximum Gasteiger partial charge on any atom is 0.0607 e. The SMILES string of the molecule is CCCNC(c1ccc(CC)cc1)c1cnn(CCC)c1. The van der Waals surface area contributed by atoms with Crippen molar-refractivity contribution in [1.82, 2.24) is 15.1 Å². The number of nitrogens with one attached hydrogen (secondary N) is 1.